The number of nitrogens with zero attached hydrogens (tertiary/aromatic N) is 2. The number of morpholine rings is 1. The summed E-state index contributed by atoms with van der Waals surface area (Å²) in [5, 5.41) is 2.67. The summed E-state index contributed by atoms with van der Waals surface area (Å²) in [6.07, 6.45) is 3.30. The van der Waals surface area contributed by atoms with Crippen molar-refractivity contribution in [1.29, 1.82) is 0 Å². The molecule has 2 fully saturated rings. The number of hydrogen-bond donors (Lipinski definition) is 2. The molecule has 4 rings (SSSR count). The summed E-state index contributed by atoms with van der Waals surface area (Å²) in [5.41, 5.74) is 1.83. The number of carbonyl (C=O) groups excluding carboxylic acids is 1. The first-order chi connectivity index (χ1) is 13.0. The highest BCUT2D eigenvalue weighted by Gasteiger charge is 2.50. The standard InChI is InChI=1S/C19H22N4O4/c1-12-19(10-26-11-19)27-6-5-23(12)16-7-15(9-21-18(16)25)14-3-4-20-17(8-14)22-13(2)24/h3-4,7-9,12H,5-6,10-11H2,1-2H3,(H,21,25)(H,20,22,24). The molecule has 8 nitrogen and oxygen atoms in total. The van der Waals surface area contributed by atoms with Crippen LogP contribution in [-0.4, -0.2) is 53.9 Å². The number of amides is 1. The lowest BCUT2D eigenvalue weighted by Crippen LogP contribution is -2.68. The van der Waals surface area contributed by atoms with Crippen molar-refractivity contribution in [3.63, 3.8) is 0 Å². The zero-order valence-corrected chi connectivity index (χ0v) is 15.3. The Hall–Kier alpha value is -2.71. The lowest BCUT2D eigenvalue weighted by molar-refractivity contribution is -0.228. The lowest BCUT2D eigenvalue weighted by Gasteiger charge is -2.53. The van der Waals surface area contributed by atoms with Gasteiger partial charge in [0.2, 0.25) is 5.91 Å². The molecule has 1 unspecified atom stereocenters. The molecule has 0 aromatic carbocycles. The first kappa shape index (κ1) is 17.7. The maximum absolute atomic E-state index is 12.5. The molecule has 142 valence electrons. The molecule has 0 aliphatic carbocycles. The van der Waals surface area contributed by atoms with Gasteiger partial charge in [-0.05, 0) is 30.7 Å². The fourth-order valence-corrected chi connectivity index (χ4v) is 3.61. The third-order valence-corrected chi connectivity index (χ3v) is 5.23. The van der Waals surface area contributed by atoms with Gasteiger partial charge in [-0.15, -0.1) is 0 Å². The van der Waals surface area contributed by atoms with Gasteiger partial charge in [-0.2, -0.15) is 0 Å². The van der Waals surface area contributed by atoms with E-state index >= 15 is 0 Å². The largest absolute Gasteiger partial charge is 0.375 e. The summed E-state index contributed by atoms with van der Waals surface area (Å²) in [6.45, 7) is 5.79. The first-order valence-corrected chi connectivity index (χ1v) is 8.94. The van der Waals surface area contributed by atoms with Gasteiger partial charge in [0.1, 0.15) is 17.1 Å². The van der Waals surface area contributed by atoms with Crippen molar-refractivity contribution in [3.05, 3.63) is 40.9 Å². The number of aromatic amines is 1. The van der Waals surface area contributed by atoms with Crippen LogP contribution in [-0.2, 0) is 14.3 Å². The number of anilines is 2. The van der Waals surface area contributed by atoms with Crippen LogP contribution in [0.3, 0.4) is 0 Å². The summed E-state index contributed by atoms with van der Waals surface area (Å²) in [7, 11) is 0. The van der Waals surface area contributed by atoms with E-state index in [2.05, 4.69) is 27.1 Å². The van der Waals surface area contributed by atoms with Crippen molar-refractivity contribution in [2.24, 2.45) is 0 Å². The van der Waals surface area contributed by atoms with Crippen LogP contribution in [0.1, 0.15) is 13.8 Å². The van der Waals surface area contributed by atoms with Gasteiger partial charge in [0, 0.05) is 31.4 Å². The van der Waals surface area contributed by atoms with Crippen molar-refractivity contribution in [1.82, 2.24) is 9.97 Å². The van der Waals surface area contributed by atoms with E-state index in [-0.39, 0.29) is 23.1 Å². The van der Waals surface area contributed by atoms with Gasteiger partial charge in [-0.3, -0.25) is 9.59 Å². The Kier molecular flexibility index (Phi) is 4.45. The van der Waals surface area contributed by atoms with Crippen LogP contribution in [0.25, 0.3) is 11.1 Å². The number of H-pyrrole nitrogens is 1. The molecule has 2 saturated heterocycles. The van der Waals surface area contributed by atoms with E-state index in [1.807, 2.05) is 12.1 Å². The summed E-state index contributed by atoms with van der Waals surface area (Å²) in [6, 6.07) is 5.53. The Balaban J connectivity index is 1.68. The molecule has 0 radical (unpaired) electrons. The second-order valence-corrected chi connectivity index (χ2v) is 6.99. The quantitative estimate of drug-likeness (QED) is 0.848. The SMILES string of the molecule is CC(=O)Nc1cc(-c2c[nH]c(=O)c(N3CCOC4(COC4)C3C)c2)ccn1. The van der Waals surface area contributed by atoms with E-state index < -0.39 is 0 Å². The third-order valence-electron chi connectivity index (χ3n) is 5.23. The number of rotatable bonds is 3. The molecule has 0 saturated carbocycles. The highest BCUT2D eigenvalue weighted by atomic mass is 16.6. The molecular weight excluding hydrogens is 348 g/mol. The smallest absolute Gasteiger partial charge is 0.271 e. The van der Waals surface area contributed by atoms with Gasteiger partial charge in [-0.1, -0.05) is 0 Å². The molecule has 2 N–H and O–H groups in total. The van der Waals surface area contributed by atoms with E-state index in [1.165, 1.54) is 6.92 Å². The zero-order valence-electron chi connectivity index (χ0n) is 15.3. The molecule has 2 aliphatic rings. The molecule has 2 aliphatic heterocycles. The fraction of sp³-hybridized carbons (Fsp3) is 0.421. The van der Waals surface area contributed by atoms with Crippen molar-refractivity contribution in [3.8, 4) is 11.1 Å². The second kappa shape index (κ2) is 6.79. The van der Waals surface area contributed by atoms with Gasteiger partial charge in [0.25, 0.3) is 5.56 Å². The zero-order chi connectivity index (χ0) is 19.0. The van der Waals surface area contributed by atoms with Gasteiger partial charge in [0.15, 0.2) is 0 Å². The minimum atomic E-state index is -0.337. The van der Waals surface area contributed by atoms with Crippen molar-refractivity contribution < 1.29 is 14.3 Å². The van der Waals surface area contributed by atoms with E-state index in [0.29, 0.717) is 37.9 Å². The summed E-state index contributed by atoms with van der Waals surface area (Å²) in [5.74, 6) is 0.287. The molecule has 27 heavy (non-hydrogen) atoms. The number of nitrogens with one attached hydrogen (secondary N) is 2. The van der Waals surface area contributed by atoms with Crippen LogP contribution in [0.5, 0.6) is 0 Å². The number of ether oxygens (including phenoxy) is 2. The van der Waals surface area contributed by atoms with Crippen LogP contribution in [0.15, 0.2) is 35.4 Å². The van der Waals surface area contributed by atoms with Crippen molar-refractivity contribution in [2.75, 3.05) is 36.6 Å². The van der Waals surface area contributed by atoms with Gasteiger partial charge in [-0.25, -0.2) is 4.98 Å². The Morgan fingerprint density at radius 2 is 2.19 bits per heavy atom. The van der Waals surface area contributed by atoms with Crippen molar-refractivity contribution in [2.45, 2.75) is 25.5 Å². The van der Waals surface area contributed by atoms with Gasteiger partial charge < -0.3 is 24.7 Å². The Morgan fingerprint density at radius 1 is 1.37 bits per heavy atom. The van der Waals surface area contributed by atoms with Crippen LogP contribution in [0.2, 0.25) is 0 Å². The van der Waals surface area contributed by atoms with Gasteiger partial charge in [0.05, 0.1) is 25.9 Å². The predicted molar refractivity (Wildman–Crippen MR) is 101 cm³/mol. The maximum atomic E-state index is 12.5. The minimum absolute atomic E-state index is 0.0312. The summed E-state index contributed by atoms with van der Waals surface area (Å²) in [4.78, 5) is 32.9. The van der Waals surface area contributed by atoms with E-state index in [1.54, 1.807) is 18.5 Å². The molecule has 8 heteroatoms. The van der Waals surface area contributed by atoms with Crippen LogP contribution in [0.4, 0.5) is 11.5 Å². The molecule has 2 aromatic rings. The Bertz CT molecular complexity index is 922. The van der Waals surface area contributed by atoms with Crippen LogP contribution < -0.4 is 15.8 Å². The monoisotopic (exact) mass is 370 g/mol. The molecule has 1 atom stereocenters. The second-order valence-electron chi connectivity index (χ2n) is 6.99. The predicted octanol–water partition coefficient (Wildman–Crippen LogP) is 1.39. The molecule has 1 spiro atoms. The topological polar surface area (TPSA) is 96.6 Å². The Labute approximate surface area is 156 Å². The number of hydrogen-bond acceptors (Lipinski definition) is 6. The maximum Gasteiger partial charge on any atom is 0.271 e. The normalized spacial score (nSPS) is 21.0. The molecular formula is C19H22N4O4. The van der Waals surface area contributed by atoms with E-state index in [4.69, 9.17) is 9.47 Å². The Morgan fingerprint density at radius 3 is 2.89 bits per heavy atom. The number of carbonyl (C=O) groups is 1. The van der Waals surface area contributed by atoms with E-state index in [0.717, 1.165) is 11.1 Å². The molecule has 1 amide bonds. The van der Waals surface area contributed by atoms with E-state index in [9.17, 15) is 9.59 Å². The van der Waals surface area contributed by atoms with Crippen molar-refractivity contribution >= 4 is 17.4 Å². The summed E-state index contributed by atoms with van der Waals surface area (Å²) < 4.78 is 11.3. The fourth-order valence-electron chi connectivity index (χ4n) is 3.61. The molecule has 4 heterocycles. The average Bonchev–Trinajstić information content (AvgIpc) is 2.61. The first-order valence-electron chi connectivity index (χ1n) is 8.94. The average molecular weight is 370 g/mol. The highest BCUT2D eigenvalue weighted by molar-refractivity contribution is 5.88. The van der Waals surface area contributed by atoms with Crippen LogP contribution >= 0.6 is 0 Å². The minimum Gasteiger partial charge on any atom is -0.375 e. The molecule has 2 aromatic heterocycles. The molecule has 0 bridgehead atoms. The third kappa shape index (κ3) is 3.22. The number of pyridine rings is 2. The lowest BCUT2D eigenvalue weighted by atomic mass is 9.90. The summed E-state index contributed by atoms with van der Waals surface area (Å²) >= 11 is 0. The highest BCUT2D eigenvalue weighted by Crippen LogP contribution is 2.34. The number of aromatic nitrogens is 2. The van der Waals surface area contributed by atoms with Crippen LogP contribution in [0, 0.1) is 0 Å². The van der Waals surface area contributed by atoms with Gasteiger partial charge >= 0.3 is 0 Å².